The number of hydrogen-bond donors (Lipinski definition) is 0. The predicted molar refractivity (Wildman–Crippen MR) is 106 cm³/mol. The highest BCUT2D eigenvalue weighted by Gasteiger charge is 2.27. The van der Waals surface area contributed by atoms with Gasteiger partial charge in [-0.2, -0.15) is 0 Å². The van der Waals surface area contributed by atoms with Gasteiger partial charge in [0.25, 0.3) is 0 Å². The second-order valence-corrected chi connectivity index (χ2v) is 6.91. The fraction of sp³-hybridized carbons (Fsp3) is 0.333. The fourth-order valence-electron chi connectivity index (χ4n) is 3.38. The topological polar surface area (TPSA) is 34.0 Å². The number of hydrogen-bond acceptors (Lipinski definition) is 3. The van der Waals surface area contributed by atoms with Crippen LogP contribution in [0.1, 0.15) is 39.4 Å². The lowest BCUT2D eigenvalue weighted by atomic mass is 9.94. The minimum atomic E-state index is 0.213. The Morgan fingerprint density at radius 2 is 1.76 bits per heavy atom. The Morgan fingerprint density at radius 1 is 1.04 bits per heavy atom. The quantitative estimate of drug-likeness (QED) is 0.799. The molecule has 2 heterocycles. The molecular formula is C21H26N4. The summed E-state index contributed by atoms with van der Waals surface area (Å²) in [6.45, 7) is 17.6. The van der Waals surface area contributed by atoms with Crippen LogP contribution in [0.15, 0.2) is 55.1 Å². The van der Waals surface area contributed by atoms with Gasteiger partial charge in [-0.1, -0.05) is 48.7 Å². The molecule has 0 bridgehead atoms. The van der Waals surface area contributed by atoms with Crippen LogP contribution in [0.25, 0.3) is 16.8 Å². The summed E-state index contributed by atoms with van der Waals surface area (Å²) in [5, 5.41) is 9.00. The van der Waals surface area contributed by atoms with Gasteiger partial charge in [0.2, 0.25) is 0 Å². The van der Waals surface area contributed by atoms with Crippen molar-refractivity contribution in [1.29, 1.82) is 0 Å². The van der Waals surface area contributed by atoms with Crippen LogP contribution in [0.2, 0.25) is 0 Å². The van der Waals surface area contributed by atoms with E-state index in [9.17, 15) is 0 Å². The average molecular weight is 334 g/mol. The van der Waals surface area contributed by atoms with Gasteiger partial charge < -0.3 is 4.90 Å². The molecule has 2 aromatic rings. The molecule has 0 amide bonds. The lowest BCUT2D eigenvalue weighted by Gasteiger charge is -2.33. The van der Waals surface area contributed by atoms with E-state index >= 15 is 0 Å². The number of aromatic nitrogens is 3. The zero-order chi connectivity index (χ0) is 18.1. The zero-order valence-corrected chi connectivity index (χ0v) is 15.5. The molecule has 4 heteroatoms. The molecule has 0 radical (unpaired) electrons. The normalized spacial score (nSPS) is 17.1. The van der Waals surface area contributed by atoms with Crippen molar-refractivity contribution in [2.75, 3.05) is 11.4 Å². The highest BCUT2D eigenvalue weighted by Crippen LogP contribution is 2.40. The van der Waals surface area contributed by atoms with E-state index in [1.165, 1.54) is 5.69 Å². The first-order chi connectivity index (χ1) is 12.0. The molecule has 1 aromatic carbocycles. The average Bonchev–Trinajstić information content (AvgIpc) is 3.01. The van der Waals surface area contributed by atoms with Crippen molar-refractivity contribution in [2.24, 2.45) is 0 Å². The van der Waals surface area contributed by atoms with E-state index in [-0.39, 0.29) is 6.04 Å². The molecule has 0 saturated heterocycles. The molecule has 1 aromatic heterocycles. The highest BCUT2D eigenvalue weighted by molar-refractivity contribution is 5.90. The van der Waals surface area contributed by atoms with E-state index in [2.05, 4.69) is 80.3 Å². The van der Waals surface area contributed by atoms with Crippen molar-refractivity contribution in [3.05, 3.63) is 60.8 Å². The molecule has 0 spiro atoms. The van der Waals surface area contributed by atoms with Crippen LogP contribution in [0.4, 0.5) is 5.69 Å². The maximum Gasteiger partial charge on any atom is 0.123 e. The Bertz CT molecular complexity index is 839. The summed E-state index contributed by atoms with van der Waals surface area (Å²) in [7, 11) is 0. The van der Waals surface area contributed by atoms with Crippen molar-refractivity contribution in [1.82, 2.24) is 15.0 Å². The Labute approximate surface area is 150 Å². The van der Waals surface area contributed by atoms with Crippen LogP contribution in [0.3, 0.4) is 0 Å². The predicted octanol–water partition coefficient (Wildman–Crippen LogP) is 4.88. The molecule has 130 valence electrons. The maximum absolute atomic E-state index is 4.55. The third-order valence-electron chi connectivity index (χ3n) is 4.67. The third kappa shape index (κ3) is 2.82. The first-order valence-electron chi connectivity index (χ1n) is 8.79. The number of para-hydroxylation sites is 1. The van der Waals surface area contributed by atoms with Crippen molar-refractivity contribution < 1.29 is 0 Å². The molecule has 0 aliphatic carbocycles. The van der Waals surface area contributed by atoms with Crippen molar-refractivity contribution in [2.45, 2.75) is 39.8 Å². The molecule has 1 aliphatic heterocycles. The Balaban J connectivity index is 2.41. The highest BCUT2D eigenvalue weighted by atomic mass is 15.4. The first kappa shape index (κ1) is 17.2. The van der Waals surface area contributed by atoms with Crippen LogP contribution >= 0.6 is 0 Å². The van der Waals surface area contributed by atoms with Crippen LogP contribution < -0.4 is 4.90 Å². The van der Waals surface area contributed by atoms with Gasteiger partial charge in [0.05, 0.1) is 5.69 Å². The molecule has 0 N–H and O–H groups in total. The van der Waals surface area contributed by atoms with Crippen LogP contribution in [-0.4, -0.2) is 27.6 Å². The van der Waals surface area contributed by atoms with Gasteiger partial charge in [-0.05, 0) is 39.3 Å². The summed E-state index contributed by atoms with van der Waals surface area (Å²) in [5.41, 5.74) is 6.42. The second-order valence-electron chi connectivity index (χ2n) is 6.91. The minimum absolute atomic E-state index is 0.213. The van der Waals surface area contributed by atoms with Crippen LogP contribution in [-0.2, 0) is 0 Å². The van der Waals surface area contributed by atoms with Crippen molar-refractivity contribution in [3.8, 4) is 11.3 Å². The van der Waals surface area contributed by atoms with Crippen molar-refractivity contribution >= 4 is 11.3 Å². The summed E-state index contributed by atoms with van der Waals surface area (Å²) < 4.78 is 1.98. The molecule has 1 aliphatic rings. The Hall–Kier alpha value is -2.62. The van der Waals surface area contributed by atoms with E-state index in [0.717, 1.165) is 34.6 Å². The summed E-state index contributed by atoms with van der Waals surface area (Å²) in [6, 6.07) is 8.99. The summed E-state index contributed by atoms with van der Waals surface area (Å²) >= 11 is 0. The number of allylic oxidation sites excluding steroid dienone is 2. The smallest absolute Gasteiger partial charge is 0.123 e. The number of nitrogens with zero attached hydrogens (tertiary/aromatic N) is 4. The molecule has 25 heavy (non-hydrogen) atoms. The molecule has 0 fully saturated rings. The van der Waals surface area contributed by atoms with Gasteiger partial charge in [0.1, 0.15) is 5.69 Å². The number of anilines is 1. The standard InChI is InChI=1S/C21H26N4/c1-7-16-13-24(14(3)4)19-12-10-9-11-18(19)20-21(17(16)8-2)25(15(5)6)23-22-20/h7-12,14-15H,1-2,13H2,3-6H3/b17-16-. The Kier molecular flexibility index (Phi) is 4.62. The lowest BCUT2D eigenvalue weighted by molar-refractivity contribution is 0.509. The van der Waals surface area contributed by atoms with E-state index < -0.39 is 0 Å². The Morgan fingerprint density at radius 3 is 2.36 bits per heavy atom. The van der Waals surface area contributed by atoms with Gasteiger partial charge in [-0.15, -0.1) is 5.10 Å². The molecule has 4 nitrogen and oxygen atoms in total. The molecule has 0 saturated carbocycles. The SMILES string of the molecule is C=C/C1=C(\C=C)c2c(nnn2C(C)C)-c2ccccc2N(C(C)C)C1. The molecule has 0 atom stereocenters. The van der Waals surface area contributed by atoms with Gasteiger partial charge >= 0.3 is 0 Å². The molecule has 3 rings (SSSR count). The van der Waals surface area contributed by atoms with Gasteiger partial charge in [0, 0.05) is 35.5 Å². The van der Waals surface area contributed by atoms with E-state index in [1.54, 1.807) is 0 Å². The zero-order valence-electron chi connectivity index (χ0n) is 15.5. The maximum atomic E-state index is 4.55. The fourth-order valence-corrected chi connectivity index (χ4v) is 3.38. The second kappa shape index (κ2) is 6.71. The van der Waals surface area contributed by atoms with Crippen LogP contribution in [0.5, 0.6) is 0 Å². The van der Waals surface area contributed by atoms with Gasteiger partial charge in [-0.3, -0.25) is 0 Å². The van der Waals surface area contributed by atoms with E-state index in [4.69, 9.17) is 0 Å². The van der Waals surface area contributed by atoms with Gasteiger partial charge in [-0.25, -0.2) is 4.68 Å². The minimum Gasteiger partial charge on any atom is -0.364 e. The summed E-state index contributed by atoms with van der Waals surface area (Å²) in [4.78, 5) is 2.38. The first-order valence-corrected chi connectivity index (χ1v) is 8.79. The van der Waals surface area contributed by atoms with Crippen LogP contribution in [0, 0.1) is 0 Å². The summed E-state index contributed by atoms with van der Waals surface area (Å²) in [6.07, 6.45) is 3.84. The number of fused-ring (bicyclic) bond motifs is 3. The largest absolute Gasteiger partial charge is 0.364 e. The number of benzene rings is 1. The van der Waals surface area contributed by atoms with E-state index in [1.807, 2.05) is 16.8 Å². The summed E-state index contributed by atoms with van der Waals surface area (Å²) in [5.74, 6) is 0. The molecule has 0 unspecified atom stereocenters. The number of rotatable bonds is 4. The van der Waals surface area contributed by atoms with E-state index in [0.29, 0.717) is 6.04 Å². The lowest BCUT2D eigenvalue weighted by Crippen LogP contribution is -2.33. The van der Waals surface area contributed by atoms with Crippen molar-refractivity contribution in [3.63, 3.8) is 0 Å². The monoisotopic (exact) mass is 334 g/mol. The van der Waals surface area contributed by atoms with Gasteiger partial charge in [0.15, 0.2) is 0 Å². The third-order valence-corrected chi connectivity index (χ3v) is 4.67. The molecular weight excluding hydrogens is 308 g/mol.